The molecule has 1 aliphatic rings. The summed E-state index contributed by atoms with van der Waals surface area (Å²) in [5.41, 5.74) is 6.74. The van der Waals surface area contributed by atoms with E-state index in [1.54, 1.807) is 0 Å². The lowest BCUT2D eigenvalue weighted by molar-refractivity contribution is -0.130. The second kappa shape index (κ2) is 6.28. The maximum atomic E-state index is 12.4. The van der Waals surface area contributed by atoms with Crippen molar-refractivity contribution >= 4 is 17.5 Å². The van der Waals surface area contributed by atoms with Gasteiger partial charge in [-0.25, -0.2) is 9.97 Å². The first kappa shape index (κ1) is 15.5. The van der Waals surface area contributed by atoms with Crippen LogP contribution in [0.5, 0.6) is 0 Å². The van der Waals surface area contributed by atoms with E-state index in [9.17, 15) is 4.79 Å². The molecule has 0 aliphatic carbocycles. The number of rotatable bonds is 4. The largest absolute Gasteiger partial charge is 0.383 e. The first-order chi connectivity index (χ1) is 9.90. The zero-order chi connectivity index (χ0) is 15.6. The molecule has 116 valence electrons. The summed E-state index contributed by atoms with van der Waals surface area (Å²) in [6, 6.07) is -0.309. The molecule has 2 rings (SSSR count). The van der Waals surface area contributed by atoms with Gasteiger partial charge in [-0.3, -0.25) is 4.79 Å². The van der Waals surface area contributed by atoms with Crippen LogP contribution in [0.1, 0.15) is 50.9 Å². The van der Waals surface area contributed by atoms with Gasteiger partial charge in [0.2, 0.25) is 5.91 Å². The van der Waals surface area contributed by atoms with E-state index >= 15 is 0 Å². The van der Waals surface area contributed by atoms with Crippen LogP contribution in [0.2, 0.25) is 0 Å². The zero-order valence-electron chi connectivity index (χ0n) is 13.3. The number of anilines is 2. The van der Waals surface area contributed by atoms with Gasteiger partial charge in [0.1, 0.15) is 23.5 Å². The lowest BCUT2D eigenvalue weighted by atomic mass is 10.2. The Balaban J connectivity index is 2.16. The number of carbonyl (C=O) groups excluding carboxylic acids is 1. The number of aromatic nitrogens is 2. The number of amides is 1. The molecule has 0 radical (unpaired) electrons. The van der Waals surface area contributed by atoms with Crippen molar-refractivity contribution in [2.75, 3.05) is 24.1 Å². The molecule has 1 aromatic rings. The minimum Gasteiger partial charge on any atom is -0.383 e. The number of likely N-dealkylation sites (tertiary alicyclic amines) is 1. The topological polar surface area (TPSA) is 84.1 Å². The first-order valence-corrected chi connectivity index (χ1v) is 7.59. The van der Waals surface area contributed by atoms with E-state index in [0.717, 1.165) is 31.5 Å². The molecule has 0 aromatic carbocycles. The van der Waals surface area contributed by atoms with E-state index in [1.807, 2.05) is 32.6 Å². The van der Waals surface area contributed by atoms with Crippen molar-refractivity contribution in [3.63, 3.8) is 0 Å². The molecule has 1 aromatic heterocycles. The monoisotopic (exact) mass is 291 g/mol. The van der Waals surface area contributed by atoms with Crippen LogP contribution in [0, 0.1) is 6.92 Å². The molecular weight excluding hydrogens is 266 g/mol. The number of nitrogens with one attached hydrogen (secondary N) is 1. The van der Waals surface area contributed by atoms with Crippen molar-refractivity contribution in [1.82, 2.24) is 14.9 Å². The molecule has 21 heavy (non-hydrogen) atoms. The highest BCUT2D eigenvalue weighted by molar-refractivity contribution is 5.84. The van der Waals surface area contributed by atoms with Crippen molar-refractivity contribution in [2.24, 2.45) is 0 Å². The second-order valence-electron chi connectivity index (χ2n) is 5.99. The Kier molecular flexibility index (Phi) is 4.65. The van der Waals surface area contributed by atoms with E-state index < -0.39 is 0 Å². The van der Waals surface area contributed by atoms with Gasteiger partial charge in [0, 0.05) is 24.6 Å². The summed E-state index contributed by atoms with van der Waals surface area (Å²) in [5.74, 6) is 2.14. The molecule has 1 fully saturated rings. The summed E-state index contributed by atoms with van der Waals surface area (Å²) in [5, 5.41) is 3.20. The van der Waals surface area contributed by atoms with Crippen molar-refractivity contribution in [3.8, 4) is 0 Å². The van der Waals surface area contributed by atoms with Gasteiger partial charge in [0.05, 0.1) is 0 Å². The number of nitrogens with two attached hydrogens (primary N) is 1. The molecule has 6 heteroatoms. The highest BCUT2D eigenvalue weighted by Gasteiger charge is 2.24. The summed E-state index contributed by atoms with van der Waals surface area (Å²) in [6.07, 6.45) is 2.19. The van der Waals surface area contributed by atoms with Gasteiger partial charge >= 0.3 is 0 Å². The Morgan fingerprint density at radius 3 is 2.43 bits per heavy atom. The Bertz CT molecular complexity index is 523. The highest BCUT2D eigenvalue weighted by Crippen LogP contribution is 2.22. The van der Waals surface area contributed by atoms with Crippen LogP contribution in [0.4, 0.5) is 11.6 Å². The van der Waals surface area contributed by atoms with Crippen LogP contribution in [0.15, 0.2) is 0 Å². The molecule has 6 nitrogen and oxygen atoms in total. The first-order valence-electron chi connectivity index (χ1n) is 7.59. The summed E-state index contributed by atoms with van der Waals surface area (Å²) in [6.45, 7) is 9.49. The molecule has 3 N–H and O–H groups in total. The van der Waals surface area contributed by atoms with E-state index in [0.29, 0.717) is 17.5 Å². The average molecular weight is 291 g/mol. The fraction of sp³-hybridized carbons (Fsp3) is 0.667. The van der Waals surface area contributed by atoms with Gasteiger partial charge in [0.25, 0.3) is 0 Å². The minimum absolute atomic E-state index is 0.121. The molecule has 1 unspecified atom stereocenters. The van der Waals surface area contributed by atoms with Gasteiger partial charge in [0.15, 0.2) is 0 Å². The van der Waals surface area contributed by atoms with Gasteiger partial charge in [-0.1, -0.05) is 13.8 Å². The van der Waals surface area contributed by atoms with Crippen LogP contribution in [0.25, 0.3) is 0 Å². The molecular formula is C15H25N5O. The number of hydrogen-bond acceptors (Lipinski definition) is 5. The molecule has 2 heterocycles. The van der Waals surface area contributed by atoms with E-state index in [2.05, 4.69) is 15.3 Å². The van der Waals surface area contributed by atoms with Crippen LogP contribution < -0.4 is 11.1 Å². The molecule has 1 aliphatic heterocycles. The maximum absolute atomic E-state index is 12.4. The van der Waals surface area contributed by atoms with Gasteiger partial charge < -0.3 is 16.0 Å². The van der Waals surface area contributed by atoms with Crippen molar-refractivity contribution < 1.29 is 4.79 Å². The number of hydrogen-bond donors (Lipinski definition) is 2. The molecule has 0 spiro atoms. The van der Waals surface area contributed by atoms with Gasteiger partial charge in [-0.2, -0.15) is 0 Å². The summed E-state index contributed by atoms with van der Waals surface area (Å²) in [4.78, 5) is 23.1. The summed E-state index contributed by atoms with van der Waals surface area (Å²) in [7, 11) is 0. The van der Waals surface area contributed by atoms with Crippen LogP contribution in [-0.4, -0.2) is 39.9 Å². The van der Waals surface area contributed by atoms with Gasteiger partial charge in [-0.05, 0) is 26.7 Å². The Labute approximate surface area is 126 Å². The third kappa shape index (κ3) is 3.43. The quantitative estimate of drug-likeness (QED) is 0.885. The van der Waals surface area contributed by atoms with Gasteiger partial charge in [-0.15, -0.1) is 0 Å². The molecule has 1 atom stereocenters. The van der Waals surface area contributed by atoms with Crippen molar-refractivity contribution in [1.29, 1.82) is 0 Å². The Morgan fingerprint density at radius 2 is 1.86 bits per heavy atom. The van der Waals surface area contributed by atoms with Crippen LogP contribution >= 0.6 is 0 Å². The predicted molar refractivity (Wildman–Crippen MR) is 84.2 cm³/mol. The minimum atomic E-state index is -0.309. The molecule has 1 amide bonds. The second-order valence-corrected chi connectivity index (χ2v) is 5.99. The van der Waals surface area contributed by atoms with E-state index in [-0.39, 0.29) is 17.9 Å². The molecule has 0 bridgehead atoms. The zero-order valence-corrected chi connectivity index (χ0v) is 13.3. The maximum Gasteiger partial charge on any atom is 0.244 e. The fourth-order valence-corrected chi connectivity index (χ4v) is 2.43. The average Bonchev–Trinajstić information content (AvgIpc) is 2.96. The van der Waals surface area contributed by atoms with Crippen molar-refractivity contribution in [2.45, 2.75) is 52.5 Å². The van der Waals surface area contributed by atoms with Crippen LogP contribution in [0.3, 0.4) is 0 Å². The van der Waals surface area contributed by atoms with E-state index in [1.165, 1.54) is 0 Å². The standard InChI is InChI=1S/C15H25N5O/c1-9(2)13-18-12(16)10(3)14(19-13)17-11(4)15(21)20-7-5-6-8-20/h9,11H,5-8H2,1-4H3,(H3,16,17,18,19). The molecule has 0 saturated carbocycles. The normalized spacial score (nSPS) is 16.3. The predicted octanol–water partition coefficient (Wildman–Crippen LogP) is 1.91. The smallest absolute Gasteiger partial charge is 0.244 e. The Hall–Kier alpha value is -1.85. The van der Waals surface area contributed by atoms with Crippen LogP contribution in [-0.2, 0) is 4.79 Å². The summed E-state index contributed by atoms with van der Waals surface area (Å²) >= 11 is 0. The summed E-state index contributed by atoms with van der Waals surface area (Å²) < 4.78 is 0. The van der Waals surface area contributed by atoms with E-state index in [4.69, 9.17) is 5.73 Å². The molecule has 1 saturated heterocycles. The van der Waals surface area contributed by atoms with Crippen molar-refractivity contribution in [3.05, 3.63) is 11.4 Å². The lowest BCUT2D eigenvalue weighted by Gasteiger charge is -2.22. The third-order valence-electron chi connectivity index (χ3n) is 3.86. The lowest BCUT2D eigenvalue weighted by Crippen LogP contribution is -2.40. The Morgan fingerprint density at radius 1 is 1.24 bits per heavy atom. The number of nitrogens with zero attached hydrogens (tertiary/aromatic N) is 3. The highest BCUT2D eigenvalue weighted by atomic mass is 16.2. The third-order valence-corrected chi connectivity index (χ3v) is 3.86. The SMILES string of the molecule is Cc1c(N)nc(C(C)C)nc1NC(C)C(=O)N1CCCC1. The number of nitrogen functional groups attached to an aromatic ring is 1. The fourth-order valence-electron chi connectivity index (χ4n) is 2.43. The number of carbonyl (C=O) groups is 1.